The first-order chi connectivity index (χ1) is 9.14. The lowest BCUT2D eigenvalue weighted by Gasteiger charge is -2.11. The van der Waals surface area contributed by atoms with Gasteiger partial charge >= 0.3 is 0 Å². The van der Waals surface area contributed by atoms with Crippen molar-refractivity contribution in [3.63, 3.8) is 0 Å². The predicted octanol–water partition coefficient (Wildman–Crippen LogP) is 2.55. The van der Waals surface area contributed by atoms with Gasteiger partial charge in [-0.25, -0.2) is 4.98 Å². The Morgan fingerprint density at radius 1 is 1.47 bits per heavy atom. The van der Waals surface area contributed by atoms with E-state index in [1.165, 1.54) is 0 Å². The lowest BCUT2D eigenvalue weighted by Crippen LogP contribution is -2.21. The summed E-state index contributed by atoms with van der Waals surface area (Å²) in [5.41, 5.74) is 1.89. The van der Waals surface area contributed by atoms with Crippen LogP contribution in [0.4, 0.5) is 0 Å². The number of benzene rings is 1. The van der Waals surface area contributed by atoms with Crippen molar-refractivity contribution in [1.29, 1.82) is 0 Å². The SMILES string of the molecule is OC1CN(Cc2nc3cc(Br)ccc3o2)CC12CC2. The van der Waals surface area contributed by atoms with Crippen molar-refractivity contribution in [2.75, 3.05) is 13.1 Å². The van der Waals surface area contributed by atoms with Crippen molar-refractivity contribution in [2.45, 2.75) is 25.5 Å². The van der Waals surface area contributed by atoms with E-state index in [1.54, 1.807) is 0 Å². The van der Waals surface area contributed by atoms with Crippen molar-refractivity contribution in [3.05, 3.63) is 28.6 Å². The molecule has 0 amide bonds. The third-order valence-electron chi connectivity index (χ3n) is 4.32. The molecule has 2 aromatic rings. The highest BCUT2D eigenvalue weighted by Gasteiger charge is 2.54. The lowest BCUT2D eigenvalue weighted by atomic mass is 10.0. The molecule has 1 aromatic carbocycles. The number of aliphatic hydroxyl groups excluding tert-OH is 1. The minimum atomic E-state index is -0.175. The fraction of sp³-hybridized carbons (Fsp3) is 0.500. The molecule has 1 N–H and O–H groups in total. The number of hydrogen-bond acceptors (Lipinski definition) is 4. The smallest absolute Gasteiger partial charge is 0.209 e. The second kappa shape index (κ2) is 4.04. The van der Waals surface area contributed by atoms with E-state index in [0.29, 0.717) is 6.54 Å². The van der Waals surface area contributed by atoms with E-state index in [-0.39, 0.29) is 11.5 Å². The molecule has 1 unspecified atom stereocenters. The van der Waals surface area contributed by atoms with Crippen LogP contribution in [0.3, 0.4) is 0 Å². The summed E-state index contributed by atoms with van der Waals surface area (Å²) < 4.78 is 6.76. The third kappa shape index (κ3) is 2.00. The average molecular weight is 323 g/mol. The molecule has 1 aliphatic heterocycles. The Hall–Kier alpha value is -0.910. The van der Waals surface area contributed by atoms with Crippen LogP contribution in [0.2, 0.25) is 0 Å². The van der Waals surface area contributed by atoms with Crippen molar-refractivity contribution in [3.8, 4) is 0 Å². The molecule has 4 rings (SSSR count). The van der Waals surface area contributed by atoms with Crippen LogP contribution in [-0.2, 0) is 6.54 Å². The summed E-state index contributed by atoms with van der Waals surface area (Å²) >= 11 is 3.44. The van der Waals surface area contributed by atoms with E-state index >= 15 is 0 Å². The van der Waals surface area contributed by atoms with Crippen LogP contribution in [-0.4, -0.2) is 34.2 Å². The standard InChI is InChI=1S/C14H15BrN2O2/c15-9-1-2-11-10(5-9)16-13(19-11)7-17-6-12(18)14(8-17)3-4-14/h1-2,5,12,18H,3-4,6-8H2. The molecule has 2 fully saturated rings. The van der Waals surface area contributed by atoms with Gasteiger partial charge in [0, 0.05) is 23.0 Å². The van der Waals surface area contributed by atoms with E-state index < -0.39 is 0 Å². The molecule has 0 radical (unpaired) electrons. The Labute approximate surface area is 119 Å². The molecular weight excluding hydrogens is 308 g/mol. The van der Waals surface area contributed by atoms with Crippen LogP contribution in [0, 0.1) is 5.41 Å². The molecule has 1 saturated carbocycles. The molecule has 2 aliphatic rings. The maximum atomic E-state index is 10.0. The molecule has 1 aromatic heterocycles. The highest BCUT2D eigenvalue weighted by Crippen LogP contribution is 2.52. The zero-order valence-corrected chi connectivity index (χ0v) is 12.1. The molecular formula is C14H15BrN2O2. The Kier molecular flexibility index (Phi) is 2.53. The van der Waals surface area contributed by atoms with E-state index in [4.69, 9.17) is 4.42 Å². The molecule has 5 heteroatoms. The highest BCUT2D eigenvalue weighted by atomic mass is 79.9. The number of aromatic nitrogens is 1. The van der Waals surface area contributed by atoms with Crippen molar-refractivity contribution in [2.24, 2.45) is 5.41 Å². The van der Waals surface area contributed by atoms with Crippen LogP contribution in [0.15, 0.2) is 27.1 Å². The summed E-state index contributed by atoms with van der Waals surface area (Å²) in [6, 6.07) is 5.84. The van der Waals surface area contributed by atoms with Gasteiger partial charge in [-0.1, -0.05) is 15.9 Å². The Balaban J connectivity index is 1.55. The van der Waals surface area contributed by atoms with Crippen LogP contribution >= 0.6 is 15.9 Å². The number of β-amino-alcohol motifs (C(OH)–C–C–N with tert-alkyl or cyclic N) is 1. The summed E-state index contributed by atoms with van der Waals surface area (Å²) in [4.78, 5) is 6.76. The number of rotatable bonds is 2. The van der Waals surface area contributed by atoms with Gasteiger partial charge in [-0.2, -0.15) is 0 Å². The van der Waals surface area contributed by atoms with Gasteiger partial charge in [0.1, 0.15) is 5.52 Å². The first kappa shape index (κ1) is 11.9. The molecule has 100 valence electrons. The lowest BCUT2D eigenvalue weighted by molar-refractivity contribution is 0.130. The first-order valence-corrected chi connectivity index (χ1v) is 7.39. The predicted molar refractivity (Wildman–Crippen MR) is 74.7 cm³/mol. The summed E-state index contributed by atoms with van der Waals surface area (Å²) in [7, 11) is 0. The summed E-state index contributed by atoms with van der Waals surface area (Å²) in [6.45, 7) is 2.39. The van der Waals surface area contributed by atoms with Gasteiger partial charge in [0.15, 0.2) is 5.58 Å². The maximum absolute atomic E-state index is 10.0. The van der Waals surface area contributed by atoms with Gasteiger partial charge in [0.25, 0.3) is 0 Å². The molecule has 19 heavy (non-hydrogen) atoms. The van der Waals surface area contributed by atoms with Gasteiger partial charge < -0.3 is 9.52 Å². The Morgan fingerprint density at radius 3 is 3.05 bits per heavy atom. The first-order valence-electron chi connectivity index (χ1n) is 6.60. The van der Waals surface area contributed by atoms with Gasteiger partial charge in [-0.3, -0.25) is 4.90 Å². The molecule has 1 spiro atoms. The van der Waals surface area contributed by atoms with Gasteiger partial charge in [0.05, 0.1) is 12.6 Å². The quantitative estimate of drug-likeness (QED) is 0.923. The fourth-order valence-electron chi connectivity index (χ4n) is 3.03. The second-order valence-electron chi connectivity index (χ2n) is 5.77. The zero-order chi connectivity index (χ0) is 13.0. The van der Waals surface area contributed by atoms with E-state index in [2.05, 4.69) is 25.8 Å². The fourth-order valence-corrected chi connectivity index (χ4v) is 3.38. The van der Waals surface area contributed by atoms with Crippen molar-refractivity contribution >= 4 is 27.0 Å². The summed E-state index contributed by atoms with van der Waals surface area (Å²) in [5, 5.41) is 10.0. The number of halogens is 1. The average Bonchev–Trinajstić information content (AvgIpc) is 2.92. The topological polar surface area (TPSA) is 49.5 Å². The van der Waals surface area contributed by atoms with Gasteiger partial charge in [-0.15, -0.1) is 0 Å². The largest absolute Gasteiger partial charge is 0.439 e. The van der Waals surface area contributed by atoms with Crippen LogP contribution < -0.4 is 0 Å². The second-order valence-corrected chi connectivity index (χ2v) is 6.68. The van der Waals surface area contributed by atoms with E-state index in [1.807, 2.05) is 18.2 Å². The van der Waals surface area contributed by atoms with E-state index in [0.717, 1.165) is 47.4 Å². The van der Waals surface area contributed by atoms with Crippen molar-refractivity contribution in [1.82, 2.24) is 9.88 Å². The molecule has 1 atom stereocenters. The molecule has 4 nitrogen and oxygen atoms in total. The number of aliphatic hydroxyl groups is 1. The normalized spacial score (nSPS) is 25.5. The maximum Gasteiger partial charge on any atom is 0.209 e. The van der Waals surface area contributed by atoms with E-state index in [9.17, 15) is 5.11 Å². The minimum Gasteiger partial charge on any atom is -0.439 e. The van der Waals surface area contributed by atoms with Crippen molar-refractivity contribution < 1.29 is 9.52 Å². The number of hydrogen-bond donors (Lipinski definition) is 1. The van der Waals surface area contributed by atoms with Gasteiger partial charge in [-0.05, 0) is 31.0 Å². The summed E-state index contributed by atoms with van der Waals surface area (Å²) in [5.74, 6) is 0.734. The summed E-state index contributed by atoms with van der Waals surface area (Å²) in [6.07, 6.45) is 2.14. The number of likely N-dealkylation sites (tertiary alicyclic amines) is 1. The zero-order valence-electron chi connectivity index (χ0n) is 10.5. The Bertz CT molecular complexity index is 635. The molecule has 0 bridgehead atoms. The Morgan fingerprint density at radius 2 is 2.32 bits per heavy atom. The molecule has 1 aliphatic carbocycles. The minimum absolute atomic E-state index is 0.175. The number of oxazole rings is 1. The molecule has 1 saturated heterocycles. The van der Waals surface area contributed by atoms with Crippen LogP contribution in [0.5, 0.6) is 0 Å². The molecule has 2 heterocycles. The highest BCUT2D eigenvalue weighted by molar-refractivity contribution is 9.10. The van der Waals surface area contributed by atoms with Gasteiger partial charge in [0.2, 0.25) is 5.89 Å². The third-order valence-corrected chi connectivity index (χ3v) is 4.81. The van der Waals surface area contributed by atoms with Crippen LogP contribution in [0.25, 0.3) is 11.1 Å². The monoisotopic (exact) mass is 322 g/mol. The number of fused-ring (bicyclic) bond motifs is 1. The number of nitrogens with zero attached hydrogens (tertiary/aromatic N) is 2. The van der Waals surface area contributed by atoms with Crippen LogP contribution in [0.1, 0.15) is 18.7 Å².